The second-order valence-electron chi connectivity index (χ2n) is 5.05. The summed E-state index contributed by atoms with van der Waals surface area (Å²) in [5.41, 5.74) is 1.92. The number of aliphatic hydroxyl groups is 1. The van der Waals surface area contributed by atoms with Gasteiger partial charge in [-0.25, -0.2) is 4.79 Å². The standard InChI is InChI=1S/C16H16ClN5O2/c17-12-3-4-14(15(9-12)21-5-1-2-6-21)20-16(24)19-13-10-18-22(11-13)7-8-23/h1-6,9-11,23H,7-8H2,(H2,19,20,24). The summed E-state index contributed by atoms with van der Waals surface area (Å²) in [6, 6.07) is 8.61. The molecule has 3 aromatic rings. The van der Waals surface area contributed by atoms with E-state index in [0.717, 1.165) is 5.69 Å². The van der Waals surface area contributed by atoms with Crippen LogP contribution in [0.4, 0.5) is 16.2 Å². The third-order valence-electron chi connectivity index (χ3n) is 3.31. The average Bonchev–Trinajstić information content (AvgIpc) is 3.21. The van der Waals surface area contributed by atoms with Crippen LogP contribution in [0, 0.1) is 0 Å². The molecule has 0 bridgehead atoms. The molecule has 24 heavy (non-hydrogen) atoms. The lowest BCUT2D eigenvalue weighted by atomic mass is 10.2. The van der Waals surface area contributed by atoms with Crippen LogP contribution < -0.4 is 10.6 Å². The lowest BCUT2D eigenvalue weighted by Gasteiger charge is -2.13. The van der Waals surface area contributed by atoms with Crippen LogP contribution in [0.1, 0.15) is 0 Å². The largest absolute Gasteiger partial charge is 0.394 e. The monoisotopic (exact) mass is 345 g/mol. The summed E-state index contributed by atoms with van der Waals surface area (Å²) in [6.07, 6.45) is 6.90. The summed E-state index contributed by atoms with van der Waals surface area (Å²) < 4.78 is 3.41. The van der Waals surface area contributed by atoms with E-state index in [4.69, 9.17) is 16.7 Å². The number of aromatic nitrogens is 3. The highest BCUT2D eigenvalue weighted by Crippen LogP contribution is 2.25. The zero-order valence-electron chi connectivity index (χ0n) is 12.7. The third kappa shape index (κ3) is 3.76. The van der Waals surface area contributed by atoms with E-state index >= 15 is 0 Å². The molecule has 124 valence electrons. The minimum Gasteiger partial charge on any atom is -0.394 e. The second kappa shape index (κ2) is 7.20. The van der Waals surface area contributed by atoms with Gasteiger partial charge >= 0.3 is 6.03 Å². The highest BCUT2D eigenvalue weighted by Gasteiger charge is 2.10. The topological polar surface area (TPSA) is 84.1 Å². The molecule has 8 heteroatoms. The van der Waals surface area contributed by atoms with Crippen molar-refractivity contribution < 1.29 is 9.90 Å². The zero-order valence-corrected chi connectivity index (χ0v) is 13.4. The number of nitrogens with zero attached hydrogens (tertiary/aromatic N) is 3. The fourth-order valence-corrected chi connectivity index (χ4v) is 2.42. The van der Waals surface area contributed by atoms with Crippen LogP contribution >= 0.6 is 11.6 Å². The summed E-state index contributed by atoms with van der Waals surface area (Å²) in [4.78, 5) is 12.2. The average molecular weight is 346 g/mol. The van der Waals surface area contributed by atoms with Gasteiger partial charge in [0, 0.05) is 23.6 Å². The van der Waals surface area contributed by atoms with Crippen molar-refractivity contribution in [3.63, 3.8) is 0 Å². The molecule has 0 unspecified atom stereocenters. The molecule has 0 atom stereocenters. The van der Waals surface area contributed by atoms with Crippen LogP contribution in [-0.4, -0.2) is 32.1 Å². The maximum atomic E-state index is 12.2. The van der Waals surface area contributed by atoms with Crippen molar-refractivity contribution in [1.82, 2.24) is 14.3 Å². The van der Waals surface area contributed by atoms with Gasteiger partial charge in [0.25, 0.3) is 0 Å². The molecule has 0 aliphatic heterocycles. The van der Waals surface area contributed by atoms with E-state index in [1.165, 1.54) is 6.20 Å². The summed E-state index contributed by atoms with van der Waals surface area (Å²) in [7, 11) is 0. The molecule has 2 aromatic heterocycles. The lowest BCUT2D eigenvalue weighted by molar-refractivity contribution is 0.262. The van der Waals surface area contributed by atoms with Crippen molar-refractivity contribution in [2.24, 2.45) is 0 Å². The number of urea groups is 1. The molecule has 2 heterocycles. The molecule has 3 rings (SSSR count). The van der Waals surface area contributed by atoms with Crippen molar-refractivity contribution in [2.45, 2.75) is 6.54 Å². The van der Waals surface area contributed by atoms with Crippen LogP contribution in [0.3, 0.4) is 0 Å². The van der Waals surface area contributed by atoms with Crippen LogP contribution in [0.25, 0.3) is 5.69 Å². The van der Waals surface area contributed by atoms with E-state index < -0.39 is 6.03 Å². The van der Waals surface area contributed by atoms with Crippen molar-refractivity contribution in [2.75, 3.05) is 17.2 Å². The molecule has 2 amide bonds. The predicted molar refractivity (Wildman–Crippen MR) is 92.7 cm³/mol. The summed E-state index contributed by atoms with van der Waals surface area (Å²) in [6.45, 7) is 0.358. The number of aliphatic hydroxyl groups excluding tert-OH is 1. The molecule has 0 saturated heterocycles. The highest BCUT2D eigenvalue weighted by molar-refractivity contribution is 6.31. The number of benzene rings is 1. The maximum Gasteiger partial charge on any atom is 0.323 e. The molecule has 0 saturated carbocycles. The van der Waals surface area contributed by atoms with Crippen molar-refractivity contribution in [3.8, 4) is 5.69 Å². The van der Waals surface area contributed by atoms with Gasteiger partial charge in [0.15, 0.2) is 0 Å². The van der Waals surface area contributed by atoms with Gasteiger partial charge in [-0.15, -0.1) is 0 Å². The Balaban J connectivity index is 1.74. The number of nitrogens with one attached hydrogen (secondary N) is 2. The fraction of sp³-hybridized carbons (Fsp3) is 0.125. The number of anilines is 2. The van der Waals surface area contributed by atoms with Gasteiger partial charge in [-0.2, -0.15) is 5.10 Å². The summed E-state index contributed by atoms with van der Waals surface area (Å²) in [5.74, 6) is 0. The van der Waals surface area contributed by atoms with Gasteiger partial charge in [-0.3, -0.25) is 4.68 Å². The quantitative estimate of drug-likeness (QED) is 0.664. The minimum absolute atomic E-state index is 0.0156. The predicted octanol–water partition coefficient (Wildman–Crippen LogP) is 2.96. The Morgan fingerprint density at radius 2 is 2.04 bits per heavy atom. The van der Waals surface area contributed by atoms with Gasteiger partial charge in [0.2, 0.25) is 0 Å². The van der Waals surface area contributed by atoms with E-state index in [0.29, 0.717) is 22.9 Å². The van der Waals surface area contributed by atoms with Crippen molar-refractivity contribution >= 4 is 29.0 Å². The molecule has 0 radical (unpaired) electrons. The van der Waals surface area contributed by atoms with Gasteiger partial charge in [-0.05, 0) is 30.3 Å². The Kier molecular flexibility index (Phi) is 4.83. The Labute approximate surface area is 143 Å². The Morgan fingerprint density at radius 3 is 2.79 bits per heavy atom. The first-order valence-electron chi connectivity index (χ1n) is 7.30. The SMILES string of the molecule is O=C(Nc1cnn(CCO)c1)Nc1ccc(Cl)cc1-n1cccc1. The van der Waals surface area contributed by atoms with E-state index in [-0.39, 0.29) is 6.61 Å². The number of amides is 2. The molecule has 0 aliphatic carbocycles. The number of hydrogen-bond donors (Lipinski definition) is 3. The molecule has 1 aromatic carbocycles. The van der Waals surface area contributed by atoms with Gasteiger partial charge in [0.05, 0.1) is 36.4 Å². The normalized spacial score (nSPS) is 10.6. The minimum atomic E-state index is -0.394. The van der Waals surface area contributed by atoms with E-state index in [1.807, 2.05) is 29.1 Å². The summed E-state index contributed by atoms with van der Waals surface area (Å²) >= 11 is 6.06. The zero-order chi connectivity index (χ0) is 16.9. The molecule has 0 fully saturated rings. The fourth-order valence-electron chi connectivity index (χ4n) is 2.26. The number of halogens is 1. The first-order valence-corrected chi connectivity index (χ1v) is 7.68. The van der Waals surface area contributed by atoms with Crippen LogP contribution in [0.5, 0.6) is 0 Å². The van der Waals surface area contributed by atoms with Gasteiger partial charge < -0.3 is 20.3 Å². The number of rotatable bonds is 5. The molecule has 3 N–H and O–H groups in total. The Bertz CT molecular complexity index is 829. The number of carbonyl (C=O) groups is 1. The second-order valence-corrected chi connectivity index (χ2v) is 5.48. The van der Waals surface area contributed by atoms with Crippen LogP contribution in [0.2, 0.25) is 5.02 Å². The van der Waals surface area contributed by atoms with Crippen LogP contribution in [0.15, 0.2) is 55.1 Å². The molecule has 0 spiro atoms. The smallest absolute Gasteiger partial charge is 0.323 e. The van der Waals surface area contributed by atoms with E-state index in [9.17, 15) is 4.79 Å². The Morgan fingerprint density at radius 1 is 1.25 bits per heavy atom. The van der Waals surface area contributed by atoms with Gasteiger partial charge in [0.1, 0.15) is 0 Å². The first-order chi connectivity index (χ1) is 11.7. The molecular formula is C16H16ClN5O2. The van der Waals surface area contributed by atoms with Crippen LogP contribution in [-0.2, 0) is 6.54 Å². The number of hydrogen-bond acceptors (Lipinski definition) is 3. The van der Waals surface area contributed by atoms with Gasteiger partial charge in [-0.1, -0.05) is 11.6 Å². The third-order valence-corrected chi connectivity index (χ3v) is 3.55. The van der Waals surface area contributed by atoms with E-state index in [1.54, 1.807) is 29.1 Å². The van der Waals surface area contributed by atoms with Crippen molar-refractivity contribution in [3.05, 3.63) is 60.1 Å². The van der Waals surface area contributed by atoms with E-state index in [2.05, 4.69) is 15.7 Å². The number of carbonyl (C=O) groups excluding carboxylic acids is 1. The van der Waals surface area contributed by atoms with Crippen molar-refractivity contribution in [1.29, 1.82) is 0 Å². The Hall–Kier alpha value is -2.77. The first kappa shape index (κ1) is 16.1. The summed E-state index contributed by atoms with van der Waals surface area (Å²) in [5, 5.41) is 19.0. The molecule has 0 aliphatic rings. The highest BCUT2D eigenvalue weighted by atomic mass is 35.5. The molecular weight excluding hydrogens is 330 g/mol. The maximum absolute atomic E-state index is 12.2. The molecule has 7 nitrogen and oxygen atoms in total. The lowest BCUT2D eigenvalue weighted by Crippen LogP contribution is -2.20.